The third-order valence-electron chi connectivity index (χ3n) is 5.51. The van der Waals surface area contributed by atoms with Gasteiger partial charge in [-0.3, -0.25) is 0 Å². The Morgan fingerprint density at radius 3 is 1.70 bits per heavy atom. The van der Waals surface area contributed by atoms with Gasteiger partial charge in [-0.25, -0.2) is 4.79 Å². The Labute approximate surface area is 190 Å². The minimum Gasteiger partial charge on any atom is -0.477 e. The molecule has 154 valence electrons. The lowest BCUT2D eigenvalue weighted by Gasteiger charge is -2.44. The van der Waals surface area contributed by atoms with Gasteiger partial charge in [0.15, 0.2) is 0 Å². The Bertz CT molecular complexity index is 935. The summed E-state index contributed by atoms with van der Waals surface area (Å²) < 4.78 is 13.2. The first-order valence-corrected chi connectivity index (χ1v) is 10.9. The summed E-state index contributed by atoms with van der Waals surface area (Å²) in [5, 5.41) is 10.0. The quantitative estimate of drug-likeness (QED) is 0.468. The summed E-state index contributed by atoms with van der Waals surface area (Å²) in [5.41, 5.74) is 2.50. The van der Waals surface area contributed by atoms with Crippen molar-refractivity contribution < 1.29 is 19.4 Å². The van der Waals surface area contributed by atoms with Crippen molar-refractivity contribution >= 4 is 28.6 Å². The highest BCUT2D eigenvalue weighted by Gasteiger charge is 2.51. The van der Waals surface area contributed by atoms with E-state index < -0.39 is 11.8 Å². The molecular weight excluding hydrogens is 491 g/mol. The van der Waals surface area contributed by atoms with Crippen molar-refractivity contribution in [2.24, 2.45) is 5.41 Å². The largest absolute Gasteiger partial charge is 0.477 e. The highest BCUT2D eigenvalue weighted by Crippen LogP contribution is 2.41. The van der Waals surface area contributed by atoms with Crippen molar-refractivity contribution in [3.05, 3.63) is 105 Å². The number of halogens is 1. The molecule has 1 fully saturated rings. The van der Waals surface area contributed by atoms with Gasteiger partial charge in [-0.15, -0.1) is 0 Å². The Balaban J connectivity index is 1.64. The van der Waals surface area contributed by atoms with Crippen molar-refractivity contribution in [1.82, 2.24) is 0 Å². The molecule has 30 heavy (non-hydrogen) atoms. The Morgan fingerprint density at radius 2 is 1.27 bits per heavy atom. The van der Waals surface area contributed by atoms with Gasteiger partial charge in [0.25, 0.3) is 5.79 Å². The standard InChI is InChI=1S/C25H23IO4/c26-22-13-11-21(12-14-22)25(23(27)28)29-17-24(18-30-25,15-19-7-3-1-4-8-19)16-20-9-5-2-6-10-20/h1-14H,15-18H2,(H,27,28). The molecule has 5 heteroatoms. The van der Waals surface area contributed by atoms with E-state index >= 15 is 0 Å². The molecule has 0 radical (unpaired) electrons. The molecule has 0 bridgehead atoms. The molecule has 0 amide bonds. The van der Waals surface area contributed by atoms with E-state index in [9.17, 15) is 9.90 Å². The number of benzene rings is 3. The van der Waals surface area contributed by atoms with E-state index in [1.54, 1.807) is 12.1 Å². The second-order valence-corrected chi connectivity index (χ2v) is 9.08. The van der Waals surface area contributed by atoms with Crippen LogP contribution in [0, 0.1) is 8.99 Å². The Hall–Kier alpha value is -2.22. The normalized spacial score (nSPS) is 17.4. The fourth-order valence-corrected chi connectivity index (χ4v) is 4.36. The average molecular weight is 514 g/mol. The highest BCUT2D eigenvalue weighted by atomic mass is 127. The maximum atomic E-state index is 12.2. The van der Waals surface area contributed by atoms with E-state index in [2.05, 4.69) is 46.9 Å². The molecule has 1 N–H and O–H groups in total. The summed E-state index contributed by atoms with van der Waals surface area (Å²) in [4.78, 5) is 12.2. The number of carboxylic acids is 1. The fraction of sp³-hybridized carbons (Fsp3) is 0.240. The zero-order valence-electron chi connectivity index (χ0n) is 16.5. The number of carbonyl (C=O) groups is 1. The zero-order chi connectivity index (χ0) is 21.0. The van der Waals surface area contributed by atoms with Gasteiger partial charge in [0, 0.05) is 14.5 Å². The van der Waals surface area contributed by atoms with Crippen LogP contribution in [0.1, 0.15) is 16.7 Å². The number of carboxylic acid groups (broad SMARTS) is 1. The summed E-state index contributed by atoms with van der Waals surface area (Å²) in [6.07, 6.45) is 1.48. The first kappa shape index (κ1) is 21.0. The van der Waals surface area contributed by atoms with Crippen LogP contribution in [-0.4, -0.2) is 24.3 Å². The molecule has 0 saturated carbocycles. The lowest BCUT2D eigenvalue weighted by atomic mass is 9.77. The van der Waals surface area contributed by atoms with Crippen LogP contribution in [0.2, 0.25) is 0 Å². The summed E-state index contributed by atoms with van der Waals surface area (Å²) in [7, 11) is 0. The number of rotatable bonds is 6. The predicted molar refractivity (Wildman–Crippen MR) is 123 cm³/mol. The molecule has 3 aromatic rings. The van der Waals surface area contributed by atoms with Crippen LogP contribution in [0.5, 0.6) is 0 Å². The van der Waals surface area contributed by atoms with E-state index in [1.165, 1.54) is 11.1 Å². The number of ether oxygens (including phenoxy) is 2. The van der Waals surface area contributed by atoms with Crippen LogP contribution in [0.15, 0.2) is 84.9 Å². The molecule has 1 aliphatic heterocycles. The monoisotopic (exact) mass is 514 g/mol. The zero-order valence-corrected chi connectivity index (χ0v) is 18.6. The van der Waals surface area contributed by atoms with E-state index in [0.717, 1.165) is 16.4 Å². The third kappa shape index (κ3) is 4.43. The first-order chi connectivity index (χ1) is 14.5. The number of hydrogen-bond acceptors (Lipinski definition) is 3. The molecule has 3 aromatic carbocycles. The van der Waals surface area contributed by atoms with Gasteiger partial charge in [-0.05, 0) is 58.7 Å². The van der Waals surface area contributed by atoms with Crippen LogP contribution in [-0.2, 0) is 32.9 Å². The second-order valence-electron chi connectivity index (χ2n) is 7.83. The fourth-order valence-electron chi connectivity index (χ4n) is 4.00. The lowest BCUT2D eigenvalue weighted by molar-refractivity contribution is -0.304. The summed E-state index contributed by atoms with van der Waals surface area (Å²) in [6, 6.07) is 27.7. The van der Waals surface area contributed by atoms with Crippen molar-refractivity contribution in [2.45, 2.75) is 18.6 Å². The van der Waals surface area contributed by atoms with Crippen molar-refractivity contribution in [3.8, 4) is 0 Å². The molecule has 0 spiro atoms. The van der Waals surface area contributed by atoms with Gasteiger partial charge in [-0.2, -0.15) is 0 Å². The highest BCUT2D eigenvalue weighted by molar-refractivity contribution is 14.1. The SMILES string of the molecule is O=C(O)C1(c2ccc(I)cc2)OCC(Cc2ccccc2)(Cc2ccccc2)CO1. The van der Waals surface area contributed by atoms with Crippen LogP contribution in [0.3, 0.4) is 0 Å². The van der Waals surface area contributed by atoms with E-state index in [1.807, 2.05) is 48.5 Å². The van der Waals surface area contributed by atoms with E-state index in [-0.39, 0.29) is 18.6 Å². The molecule has 4 nitrogen and oxygen atoms in total. The van der Waals surface area contributed by atoms with Gasteiger partial charge in [0.05, 0.1) is 13.2 Å². The Kier molecular flexibility index (Phi) is 6.22. The van der Waals surface area contributed by atoms with Crippen molar-refractivity contribution in [2.75, 3.05) is 13.2 Å². The molecule has 4 rings (SSSR count). The van der Waals surface area contributed by atoms with Gasteiger partial charge in [0.1, 0.15) is 0 Å². The topological polar surface area (TPSA) is 55.8 Å². The summed E-state index contributed by atoms with van der Waals surface area (Å²) >= 11 is 2.19. The molecular formula is C25H23IO4. The van der Waals surface area contributed by atoms with Crippen LogP contribution >= 0.6 is 22.6 Å². The average Bonchev–Trinajstić information content (AvgIpc) is 2.76. The number of hydrogen-bond donors (Lipinski definition) is 1. The minimum absolute atomic E-state index is 0.287. The molecule has 1 heterocycles. The smallest absolute Gasteiger partial charge is 0.369 e. The van der Waals surface area contributed by atoms with Gasteiger partial charge < -0.3 is 14.6 Å². The van der Waals surface area contributed by atoms with Gasteiger partial charge in [0.2, 0.25) is 0 Å². The third-order valence-corrected chi connectivity index (χ3v) is 6.23. The van der Waals surface area contributed by atoms with Gasteiger partial charge >= 0.3 is 5.97 Å². The summed E-state index contributed by atoms with van der Waals surface area (Å²) in [6.45, 7) is 0.574. The Morgan fingerprint density at radius 1 is 0.800 bits per heavy atom. The first-order valence-electron chi connectivity index (χ1n) is 9.87. The minimum atomic E-state index is -1.78. The predicted octanol–water partition coefficient (Wildman–Crippen LogP) is 5.05. The maximum absolute atomic E-state index is 12.2. The lowest BCUT2D eigenvalue weighted by Crippen LogP contribution is -2.53. The molecule has 0 aliphatic carbocycles. The molecule has 0 unspecified atom stereocenters. The van der Waals surface area contributed by atoms with Crippen LogP contribution in [0.25, 0.3) is 0 Å². The molecule has 0 atom stereocenters. The van der Waals surface area contributed by atoms with E-state index in [4.69, 9.17) is 9.47 Å². The second kappa shape index (κ2) is 8.88. The summed E-state index contributed by atoms with van der Waals surface area (Å²) in [5.74, 6) is -2.90. The van der Waals surface area contributed by atoms with Crippen LogP contribution < -0.4 is 0 Å². The van der Waals surface area contributed by atoms with E-state index in [0.29, 0.717) is 5.56 Å². The van der Waals surface area contributed by atoms with Crippen molar-refractivity contribution in [3.63, 3.8) is 0 Å². The van der Waals surface area contributed by atoms with Crippen LogP contribution in [0.4, 0.5) is 0 Å². The van der Waals surface area contributed by atoms with Crippen molar-refractivity contribution in [1.29, 1.82) is 0 Å². The van der Waals surface area contributed by atoms with Gasteiger partial charge in [-0.1, -0.05) is 72.8 Å². The molecule has 0 aromatic heterocycles. The molecule has 1 aliphatic rings. The maximum Gasteiger partial charge on any atom is 0.369 e. The molecule has 1 saturated heterocycles. The number of aliphatic carboxylic acids is 1.